The first-order valence-corrected chi connectivity index (χ1v) is 6.12. The third-order valence-electron chi connectivity index (χ3n) is 3.12. The van der Waals surface area contributed by atoms with Gasteiger partial charge in [-0.05, 0) is 31.0 Å². The van der Waals surface area contributed by atoms with E-state index in [9.17, 15) is 13.2 Å². The highest BCUT2D eigenvalue weighted by atomic mass is 19.4. The van der Waals surface area contributed by atoms with Crippen LogP contribution in [0.15, 0.2) is 18.2 Å². The van der Waals surface area contributed by atoms with Crippen molar-refractivity contribution >= 4 is 5.69 Å². The van der Waals surface area contributed by atoms with Gasteiger partial charge in [0.2, 0.25) is 0 Å². The van der Waals surface area contributed by atoms with E-state index in [2.05, 4.69) is 0 Å². The van der Waals surface area contributed by atoms with E-state index in [-0.39, 0.29) is 12.6 Å². The molecule has 0 aromatic heterocycles. The van der Waals surface area contributed by atoms with Crippen LogP contribution < -0.4 is 10.5 Å². The minimum atomic E-state index is -4.18. The molecule has 0 amide bonds. The zero-order valence-electron chi connectivity index (χ0n) is 10.7. The summed E-state index contributed by atoms with van der Waals surface area (Å²) in [6.45, 7) is -0.686. The van der Waals surface area contributed by atoms with Crippen LogP contribution in [-0.2, 0) is 6.54 Å². The van der Waals surface area contributed by atoms with Crippen molar-refractivity contribution in [3.05, 3.63) is 23.8 Å². The summed E-state index contributed by atoms with van der Waals surface area (Å²) in [6.07, 6.45) is -2.54. The van der Waals surface area contributed by atoms with Crippen molar-refractivity contribution in [2.45, 2.75) is 31.6 Å². The number of hydrogen-bond donors (Lipinski definition) is 1. The lowest BCUT2D eigenvalue weighted by Gasteiger charge is -2.24. The van der Waals surface area contributed by atoms with Crippen molar-refractivity contribution in [1.82, 2.24) is 4.90 Å². The van der Waals surface area contributed by atoms with Gasteiger partial charge in [0.15, 0.2) is 0 Å². The predicted molar refractivity (Wildman–Crippen MR) is 66.9 cm³/mol. The first-order chi connectivity index (χ1) is 8.89. The number of halogens is 3. The predicted octanol–water partition coefficient (Wildman–Crippen LogP) is 2.80. The third kappa shape index (κ3) is 4.02. The summed E-state index contributed by atoms with van der Waals surface area (Å²) in [5.41, 5.74) is 6.90. The zero-order chi connectivity index (χ0) is 14.0. The summed E-state index contributed by atoms with van der Waals surface area (Å²) >= 11 is 0. The van der Waals surface area contributed by atoms with Crippen LogP contribution in [0, 0.1) is 0 Å². The van der Waals surface area contributed by atoms with E-state index in [1.165, 1.54) is 12.0 Å². The Labute approximate surface area is 110 Å². The van der Waals surface area contributed by atoms with Crippen molar-refractivity contribution in [1.29, 1.82) is 0 Å². The molecule has 0 heterocycles. The summed E-state index contributed by atoms with van der Waals surface area (Å²) in [6, 6.07) is 5.05. The molecule has 0 aliphatic heterocycles. The summed E-state index contributed by atoms with van der Waals surface area (Å²) in [5, 5.41) is 0. The topological polar surface area (TPSA) is 38.5 Å². The number of nitrogen functional groups attached to an aromatic ring is 1. The van der Waals surface area contributed by atoms with Gasteiger partial charge in [0, 0.05) is 23.8 Å². The molecule has 1 aliphatic carbocycles. The van der Waals surface area contributed by atoms with Gasteiger partial charge in [0.1, 0.15) is 5.75 Å². The van der Waals surface area contributed by atoms with Crippen LogP contribution in [0.5, 0.6) is 5.75 Å². The van der Waals surface area contributed by atoms with E-state index in [4.69, 9.17) is 10.5 Å². The van der Waals surface area contributed by atoms with Gasteiger partial charge in [-0.2, -0.15) is 13.2 Å². The second kappa shape index (κ2) is 5.28. The van der Waals surface area contributed by atoms with Gasteiger partial charge in [0.25, 0.3) is 0 Å². The standard InChI is InChI=1S/C13H17F3N2O/c1-19-12-5-2-10(17)6-9(12)7-18(11-3-4-11)8-13(14,15)16/h2,5-6,11H,3-4,7-8,17H2,1H3. The molecule has 1 aromatic rings. The Morgan fingerprint density at radius 3 is 2.58 bits per heavy atom. The molecule has 1 saturated carbocycles. The fourth-order valence-electron chi connectivity index (χ4n) is 2.12. The number of anilines is 1. The molecule has 0 bridgehead atoms. The second-order valence-electron chi connectivity index (χ2n) is 4.82. The van der Waals surface area contributed by atoms with Crippen LogP contribution in [0.1, 0.15) is 18.4 Å². The Balaban J connectivity index is 2.14. The summed E-state index contributed by atoms with van der Waals surface area (Å²) in [4.78, 5) is 1.44. The molecule has 1 fully saturated rings. The third-order valence-corrected chi connectivity index (χ3v) is 3.12. The molecular formula is C13H17F3N2O. The number of nitrogens with two attached hydrogens (primary N) is 1. The highest BCUT2D eigenvalue weighted by Gasteiger charge is 2.38. The lowest BCUT2D eigenvalue weighted by molar-refractivity contribution is -0.148. The van der Waals surface area contributed by atoms with E-state index in [1.807, 2.05) is 0 Å². The molecule has 19 heavy (non-hydrogen) atoms. The summed E-state index contributed by atoms with van der Waals surface area (Å²) in [5.74, 6) is 0.571. The number of benzene rings is 1. The molecule has 0 saturated heterocycles. The van der Waals surface area contributed by atoms with E-state index >= 15 is 0 Å². The number of nitrogens with zero attached hydrogens (tertiary/aromatic N) is 1. The Bertz CT molecular complexity index is 444. The summed E-state index contributed by atoms with van der Waals surface area (Å²) < 4.78 is 42.9. The Hall–Kier alpha value is -1.43. The van der Waals surface area contributed by atoms with Gasteiger partial charge in [-0.3, -0.25) is 4.90 Å². The monoisotopic (exact) mass is 274 g/mol. The molecule has 2 N–H and O–H groups in total. The van der Waals surface area contributed by atoms with Crippen LogP contribution >= 0.6 is 0 Å². The van der Waals surface area contributed by atoms with Crippen LogP contribution in [0.25, 0.3) is 0 Å². The number of methoxy groups -OCH3 is 1. The smallest absolute Gasteiger partial charge is 0.401 e. The molecule has 106 valence electrons. The first-order valence-electron chi connectivity index (χ1n) is 6.12. The lowest BCUT2D eigenvalue weighted by Crippen LogP contribution is -2.35. The lowest BCUT2D eigenvalue weighted by atomic mass is 10.1. The maximum Gasteiger partial charge on any atom is 0.401 e. The highest BCUT2D eigenvalue weighted by molar-refractivity contribution is 5.47. The van der Waals surface area contributed by atoms with Crippen LogP contribution in [0.3, 0.4) is 0 Å². The van der Waals surface area contributed by atoms with E-state index < -0.39 is 12.7 Å². The maximum atomic E-state index is 12.6. The van der Waals surface area contributed by atoms with Gasteiger partial charge in [-0.15, -0.1) is 0 Å². The maximum absolute atomic E-state index is 12.6. The number of rotatable bonds is 5. The minimum Gasteiger partial charge on any atom is -0.496 e. The molecule has 2 rings (SSSR count). The van der Waals surface area contributed by atoms with Crippen molar-refractivity contribution in [2.24, 2.45) is 0 Å². The number of hydrogen-bond acceptors (Lipinski definition) is 3. The van der Waals surface area contributed by atoms with Gasteiger partial charge >= 0.3 is 6.18 Å². The molecule has 6 heteroatoms. The van der Waals surface area contributed by atoms with Crippen molar-refractivity contribution < 1.29 is 17.9 Å². The molecule has 0 radical (unpaired) electrons. The number of alkyl halides is 3. The SMILES string of the molecule is COc1ccc(N)cc1CN(CC(F)(F)F)C1CC1. The van der Waals surface area contributed by atoms with E-state index in [0.717, 1.165) is 12.8 Å². The van der Waals surface area contributed by atoms with Crippen molar-refractivity contribution in [3.63, 3.8) is 0 Å². The molecule has 1 aliphatic rings. The molecule has 1 aromatic carbocycles. The van der Waals surface area contributed by atoms with Gasteiger partial charge in [-0.1, -0.05) is 0 Å². The van der Waals surface area contributed by atoms with Gasteiger partial charge in [0.05, 0.1) is 13.7 Å². The quantitative estimate of drug-likeness (QED) is 0.839. The van der Waals surface area contributed by atoms with E-state index in [0.29, 0.717) is 17.0 Å². The zero-order valence-corrected chi connectivity index (χ0v) is 10.7. The Kier molecular flexibility index (Phi) is 3.89. The largest absolute Gasteiger partial charge is 0.496 e. The molecule has 3 nitrogen and oxygen atoms in total. The average Bonchev–Trinajstić information content (AvgIpc) is 3.10. The molecule has 0 unspecified atom stereocenters. The molecule has 0 spiro atoms. The van der Waals surface area contributed by atoms with Crippen molar-refractivity contribution in [3.8, 4) is 5.75 Å². The second-order valence-corrected chi connectivity index (χ2v) is 4.82. The fourth-order valence-corrected chi connectivity index (χ4v) is 2.12. The van der Waals surface area contributed by atoms with Gasteiger partial charge in [-0.25, -0.2) is 0 Å². The highest BCUT2D eigenvalue weighted by Crippen LogP contribution is 2.33. The van der Waals surface area contributed by atoms with Crippen molar-refractivity contribution in [2.75, 3.05) is 19.4 Å². The van der Waals surface area contributed by atoms with Crippen LogP contribution in [-0.4, -0.2) is 30.8 Å². The fraction of sp³-hybridized carbons (Fsp3) is 0.538. The molecular weight excluding hydrogens is 257 g/mol. The van der Waals surface area contributed by atoms with Crippen LogP contribution in [0.4, 0.5) is 18.9 Å². The Morgan fingerprint density at radius 2 is 2.05 bits per heavy atom. The van der Waals surface area contributed by atoms with E-state index in [1.54, 1.807) is 18.2 Å². The normalized spacial score (nSPS) is 15.8. The van der Waals surface area contributed by atoms with Gasteiger partial charge < -0.3 is 10.5 Å². The minimum absolute atomic E-state index is 0.0211. The first kappa shape index (κ1) is 14.0. The Morgan fingerprint density at radius 1 is 1.37 bits per heavy atom. The average molecular weight is 274 g/mol. The molecule has 0 atom stereocenters. The van der Waals surface area contributed by atoms with Crippen LogP contribution in [0.2, 0.25) is 0 Å². The summed E-state index contributed by atoms with van der Waals surface area (Å²) in [7, 11) is 1.50. The number of ether oxygens (including phenoxy) is 1.